The minimum absolute atomic E-state index is 0.0400. The molecule has 0 radical (unpaired) electrons. The number of halogens is 1. The SMILES string of the molecule is Cc1nc(N2CCN(C(C)/C(N)=N/O)CC2)ccc1Br. The number of nitrogens with two attached hydrogens (primary N) is 1. The van der Waals surface area contributed by atoms with E-state index in [4.69, 9.17) is 10.9 Å². The molecule has 6 nitrogen and oxygen atoms in total. The summed E-state index contributed by atoms with van der Waals surface area (Å²) in [4.78, 5) is 9.05. The molecule has 0 spiro atoms. The molecule has 0 aliphatic carbocycles. The number of aryl methyl sites for hydroxylation is 1. The van der Waals surface area contributed by atoms with E-state index in [0.717, 1.165) is 42.2 Å². The van der Waals surface area contributed by atoms with Crippen LogP contribution in [0.15, 0.2) is 21.8 Å². The standard InChI is InChI=1S/C13H20BrN5O/c1-9-11(14)3-4-12(16-9)19-7-5-18(6-8-19)10(2)13(15)17-20/h3-4,10,20H,5-8H2,1-2H3,(H2,15,17). The fraction of sp³-hybridized carbons (Fsp3) is 0.538. The Morgan fingerprint density at radius 3 is 2.60 bits per heavy atom. The summed E-state index contributed by atoms with van der Waals surface area (Å²) in [5.41, 5.74) is 6.65. The second-order valence-electron chi connectivity index (χ2n) is 4.96. The molecule has 20 heavy (non-hydrogen) atoms. The maximum atomic E-state index is 8.73. The third-order valence-corrected chi connectivity index (χ3v) is 4.57. The molecule has 3 N–H and O–H groups in total. The Balaban J connectivity index is 1.99. The number of hydrogen-bond donors (Lipinski definition) is 2. The van der Waals surface area contributed by atoms with Gasteiger partial charge in [0.05, 0.1) is 11.7 Å². The lowest BCUT2D eigenvalue weighted by Crippen LogP contribution is -2.53. The predicted octanol–water partition coefficient (Wildman–Crippen LogP) is 1.41. The van der Waals surface area contributed by atoms with Crippen molar-refractivity contribution in [3.63, 3.8) is 0 Å². The van der Waals surface area contributed by atoms with Crippen molar-refractivity contribution in [3.05, 3.63) is 22.3 Å². The summed E-state index contributed by atoms with van der Waals surface area (Å²) in [6.45, 7) is 7.45. The Morgan fingerprint density at radius 1 is 1.40 bits per heavy atom. The zero-order valence-electron chi connectivity index (χ0n) is 11.8. The topological polar surface area (TPSA) is 78.0 Å². The number of hydrogen-bond acceptors (Lipinski definition) is 5. The highest BCUT2D eigenvalue weighted by Crippen LogP contribution is 2.20. The summed E-state index contributed by atoms with van der Waals surface area (Å²) in [6.07, 6.45) is 0. The molecule has 1 atom stereocenters. The number of anilines is 1. The van der Waals surface area contributed by atoms with Crippen LogP contribution in [-0.4, -0.2) is 53.1 Å². The van der Waals surface area contributed by atoms with Crippen molar-refractivity contribution in [2.75, 3.05) is 31.1 Å². The van der Waals surface area contributed by atoms with Gasteiger partial charge < -0.3 is 15.8 Å². The van der Waals surface area contributed by atoms with Gasteiger partial charge in [-0.2, -0.15) is 0 Å². The van der Waals surface area contributed by atoms with Crippen molar-refractivity contribution in [2.45, 2.75) is 19.9 Å². The molecule has 1 aliphatic heterocycles. The first-order valence-electron chi connectivity index (χ1n) is 6.62. The maximum absolute atomic E-state index is 8.73. The lowest BCUT2D eigenvalue weighted by Gasteiger charge is -2.38. The highest BCUT2D eigenvalue weighted by Gasteiger charge is 2.24. The van der Waals surface area contributed by atoms with E-state index in [1.54, 1.807) is 0 Å². The number of amidine groups is 1. The fourth-order valence-electron chi connectivity index (χ4n) is 2.32. The molecule has 0 amide bonds. The minimum Gasteiger partial charge on any atom is -0.409 e. The lowest BCUT2D eigenvalue weighted by atomic mass is 10.2. The normalized spacial score (nSPS) is 19.1. The third kappa shape index (κ3) is 3.21. The van der Waals surface area contributed by atoms with Gasteiger partial charge in [-0.25, -0.2) is 4.98 Å². The van der Waals surface area contributed by atoms with Crippen molar-refractivity contribution in [1.29, 1.82) is 0 Å². The molecule has 1 aromatic heterocycles. The Labute approximate surface area is 127 Å². The number of pyridine rings is 1. The van der Waals surface area contributed by atoms with Crippen molar-refractivity contribution in [1.82, 2.24) is 9.88 Å². The smallest absolute Gasteiger partial charge is 0.156 e. The van der Waals surface area contributed by atoms with Crippen molar-refractivity contribution in [3.8, 4) is 0 Å². The third-order valence-electron chi connectivity index (χ3n) is 3.74. The van der Waals surface area contributed by atoms with Crippen LogP contribution < -0.4 is 10.6 Å². The number of oxime groups is 1. The van der Waals surface area contributed by atoms with Gasteiger partial charge in [0.25, 0.3) is 0 Å². The number of nitrogens with zero attached hydrogens (tertiary/aromatic N) is 4. The van der Waals surface area contributed by atoms with E-state index in [9.17, 15) is 0 Å². The van der Waals surface area contributed by atoms with E-state index in [0.29, 0.717) is 0 Å². The molecule has 2 heterocycles. The van der Waals surface area contributed by atoms with E-state index in [1.807, 2.05) is 26.0 Å². The van der Waals surface area contributed by atoms with Crippen LogP contribution in [0.4, 0.5) is 5.82 Å². The van der Waals surface area contributed by atoms with Gasteiger partial charge in [0.1, 0.15) is 5.82 Å². The first-order chi connectivity index (χ1) is 9.52. The molecule has 7 heteroatoms. The van der Waals surface area contributed by atoms with Crippen LogP contribution in [0.1, 0.15) is 12.6 Å². The van der Waals surface area contributed by atoms with Gasteiger partial charge in [-0.3, -0.25) is 4.90 Å². The highest BCUT2D eigenvalue weighted by molar-refractivity contribution is 9.10. The molecule has 1 aromatic rings. The summed E-state index contributed by atoms with van der Waals surface area (Å²) in [6, 6.07) is 4.02. The zero-order valence-corrected chi connectivity index (χ0v) is 13.3. The van der Waals surface area contributed by atoms with E-state index < -0.39 is 0 Å². The summed E-state index contributed by atoms with van der Waals surface area (Å²) < 4.78 is 1.03. The molecular weight excluding hydrogens is 322 g/mol. The zero-order chi connectivity index (χ0) is 14.7. The lowest BCUT2D eigenvalue weighted by molar-refractivity contribution is 0.230. The van der Waals surface area contributed by atoms with Crippen LogP contribution in [0.25, 0.3) is 0 Å². The average molecular weight is 342 g/mol. The van der Waals surface area contributed by atoms with E-state index in [-0.39, 0.29) is 11.9 Å². The first-order valence-corrected chi connectivity index (χ1v) is 7.41. The quantitative estimate of drug-likeness (QED) is 0.376. The molecule has 1 saturated heterocycles. The van der Waals surface area contributed by atoms with Gasteiger partial charge in [-0.1, -0.05) is 5.16 Å². The van der Waals surface area contributed by atoms with Crippen LogP contribution in [0.2, 0.25) is 0 Å². The second-order valence-corrected chi connectivity index (χ2v) is 5.81. The second kappa shape index (κ2) is 6.41. The van der Waals surface area contributed by atoms with Crippen LogP contribution in [-0.2, 0) is 0 Å². The van der Waals surface area contributed by atoms with Gasteiger partial charge in [0.15, 0.2) is 5.84 Å². The van der Waals surface area contributed by atoms with E-state index in [2.05, 4.69) is 35.9 Å². The predicted molar refractivity (Wildman–Crippen MR) is 83.3 cm³/mol. The first kappa shape index (κ1) is 15.1. The van der Waals surface area contributed by atoms with Gasteiger partial charge in [-0.15, -0.1) is 0 Å². The average Bonchev–Trinajstić information content (AvgIpc) is 2.48. The van der Waals surface area contributed by atoms with E-state index >= 15 is 0 Å². The largest absolute Gasteiger partial charge is 0.409 e. The van der Waals surface area contributed by atoms with Gasteiger partial charge in [0, 0.05) is 30.7 Å². The molecule has 0 bridgehead atoms. The Morgan fingerprint density at radius 2 is 2.05 bits per heavy atom. The Kier molecular flexibility index (Phi) is 4.82. The maximum Gasteiger partial charge on any atom is 0.156 e. The summed E-state index contributed by atoms with van der Waals surface area (Å²) in [5.74, 6) is 1.26. The van der Waals surface area contributed by atoms with Crippen LogP contribution in [0, 0.1) is 6.92 Å². The Hall–Kier alpha value is -1.34. The summed E-state index contributed by atoms with van der Waals surface area (Å²) in [7, 11) is 0. The number of aromatic nitrogens is 1. The molecule has 1 aliphatic rings. The molecule has 1 fully saturated rings. The molecule has 1 unspecified atom stereocenters. The van der Waals surface area contributed by atoms with Crippen molar-refractivity contribution < 1.29 is 5.21 Å². The fourth-order valence-corrected chi connectivity index (χ4v) is 2.54. The van der Waals surface area contributed by atoms with Crippen LogP contribution >= 0.6 is 15.9 Å². The van der Waals surface area contributed by atoms with E-state index in [1.165, 1.54) is 0 Å². The van der Waals surface area contributed by atoms with Crippen molar-refractivity contribution >= 4 is 27.6 Å². The molecular formula is C13H20BrN5O. The summed E-state index contributed by atoms with van der Waals surface area (Å²) in [5, 5.41) is 11.8. The Bertz CT molecular complexity index is 500. The summed E-state index contributed by atoms with van der Waals surface area (Å²) >= 11 is 3.47. The molecule has 110 valence electrons. The monoisotopic (exact) mass is 341 g/mol. The van der Waals surface area contributed by atoms with Crippen LogP contribution in [0.5, 0.6) is 0 Å². The molecule has 2 rings (SSSR count). The van der Waals surface area contributed by atoms with Gasteiger partial charge >= 0.3 is 0 Å². The van der Waals surface area contributed by atoms with Crippen molar-refractivity contribution in [2.24, 2.45) is 10.9 Å². The minimum atomic E-state index is -0.0400. The number of rotatable bonds is 3. The molecule has 0 saturated carbocycles. The number of piperazine rings is 1. The van der Waals surface area contributed by atoms with Crippen LogP contribution in [0.3, 0.4) is 0 Å². The van der Waals surface area contributed by atoms with Gasteiger partial charge in [-0.05, 0) is 41.9 Å². The van der Waals surface area contributed by atoms with Gasteiger partial charge in [0.2, 0.25) is 0 Å². The molecule has 0 aromatic carbocycles. The highest BCUT2D eigenvalue weighted by atomic mass is 79.9.